The zero-order valence-electron chi connectivity index (χ0n) is 17.3. The van der Waals surface area contributed by atoms with Crippen molar-refractivity contribution in [1.29, 1.82) is 0 Å². The summed E-state index contributed by atoms with van der Waals surface area (Å²) in [7, 11) is -1.69. The molecule has 0 fully saturated rings. The average molecular weight is 412 g/mol. The molecule has 2 aromatic rings. The molecule has 0 unspecified atom stereocenters. The third-order valence-corrected chi connectivity index (χ3v) is 4.65. The van der Waals surface area contributed by atoms with Gasteiger partial charge in [-0.25, -0.2) is 0 Å². The van der Waals surface area contributed by atoms with Crippen LogP contribution < -0.4 is 10.6 Å². The van der Waals surface area contributed by atoms with Gasteiger partial charge in [-0.15, -0.1) is 0 Å². The van der Waals surface area contributed by atoms with Crippen LogP contribution in [0.15, 0.2) is 54.6 Å². The zero-order valence-corrected chi connectivity index (χ0v) is 17.3. The lowest BCUT2D eigenvalue weighted by Crippen LogP contribution is -2.55. The number of hydrogen-bond donors (Lipinski definition) is 5. The Bertz CT molecular complexity index is 812. The van der Waals surface area contributed by atoms with Crippen molar-refractivity contribution in [3.05, 3.63) is 65.7 Å². The fourth-order valence-corrected chi connectivity index (χ4v) is 3.15. The molecule has 7 nitrogen and oxygen atoms in total. The molecule has 0 heterocycles. The van der Waals surface area contributed by atoms with E-state index in [1.807, 2.05) is 44.2 Å². The highest BCUT2D eigenvalue weighted by atomic mass is 16.4. The average Bonchev–Trinajstić information content (AvgIpc) is 2.69. The summed E-state index contributed by atoms with van der Waals surface area (Å²) in [5.74, 6) is -1.39. The minimum atomic E-state index is -1.69. The second kappa shape index (κ2) is 11.4. The molecule has 2 atom stereocenters. The van der Waals surface area contributed by atoms with E-state index in [1.165, 1.54) is 12.1 Å². The van der Waals surface area contributed by atoms with Crippen molar-refractivity contribution < 1.29 is 24.7 Å². The second-order valence-electron chi connectivity index (χ2n) is 7.81. The summed E-state index contributed by atoms with van der Waals surface area (Å²) in [6, 6.07) is 14.7. The van der Waals surface area contributed by atoms with Crippen molar-refractivity contribution in [2.45, 2.75) is 45.1 Å². The number of hydrogen-bond acceptors (Lipinski definition) is 5. The maximum absolute atomic E-state index is 12.9. The minimum Gasteiger partial charge on any atom is -0.508 e. The Morgan fingerprint density at radius 1 is 0.933 bits per heavy atom. The highest BCUT2D eigenvalue weighted by Crippen LogP contribution is 2.11. The van der Waals surface area contributed by atoms with Gasteiger partial charge >= 0.3 is 7.12 Å². The van der Waals surface area contributed by atoms with Gasteiger partial charge in [-0.2, -0.15) is 0 Å². The Labute approximate surface area is 177 Å². The maximum atomic E-state index is 12.9. The van der Waals surface area contributed by atoms with Crippen molar-refractivity contribution in [3.63, 3.8) is 0 Å². The minimum absolute atomic E-state index is 0.0525. The highest BCUT2D eigenvalue weighted by Gasteiger charge is 2.30. The molecule has 0 spiro atoms. The van der Waals surface area contributed by atoms with Gasteiger partial charge in [0.15, 0.2) is 0 Å². The maximum Gasteiger partial charge on any atom is 0.475 e. The van der Waals surface area contributed by atoms with Crippen molar-refractivity contribution in [2.24, 2.45) is 5.92 Å². The Morgan fingerprint density at radius 2 is 1.57 bits per heavy atom. The molecular formula is C22H29BN2O5. The molecule has 2 rings (SSSR count). The quantitative estimate of drug-likeness (QED) is 0.376. The molecule has 30 heavy (non-hydrogen) atoms. The van der Waals surface area contributed by atoms with Gasteiger partial charge in [-0.05, 0) is 35.6 Å². The first-order valence-corrected chi connectivity index (χ1v) is 10.0. The lowest BCUT2D eigenvalue weighted by Gasteiger charge is -2.24. The van der Waals surface area contributed by atoms with E-state index in [9.17, 15) is 24.7 Å². The molecule has 0 aliphatic heterocycles. The van der Waals surface area contributed by atoms with Crippen LogP contribution in [0.3, 0.4) is 0 Å². The topological polar surface area (TPSA) is 119 Å². The van der Waals surface area contributed by atoms with Crippen molar-refractivity contribution in [2.75, 3.05) is 0 Å². The Balaban J connectivity index is 2.11. The highest BCUT2D eigenvalue weighted by molar-refractivity contribution is 6.43. The van der Waals surface area contributed by atoms with Gasteiger partial charge in [0.25, 0.3) is 0 Å². The first-order chi connectivity index (χ1) is 14.2. The van der Waals surface area contributed by atoms with Crippen LogP contribution in [-0.4, -0.2) is 46.1 Å². The number of aromatic hydroxyl groups is 1. The molecule has 0 radical (unpaired) electrons. The molecule has 0 bridgehead atoms. The summed E-state index contributed by atoms with van der Waals surface area (Å²) < 4.78 is 0. The van der Waals surface area contributed by atoms with Crippen LogP contribution in [0, 0.1) is 5.92 Å². The van der Waals surface area contributed by atoms with Crippen molar-refractivity contribution in [3.8, 4) is 5.75 Å². The van der Waals surface area contributed by atoms with Gasteiger partial charge in [0.05, 0.1) is 12.4 Å². The van der Waals surface area contributed by atoms with Gasteiger partial charge in [0.1, 0.15) is 11.8 Å². The van der Waals surface area contributed by atoms with E-state index >= 15 is 0 Å². The van der Waals surface area contributed by atoms with Crippen molar-refractivity contribution >= 4 is 18.9 Å². The van der Waals surface area contributed by atoms with E-state index < -0.39 is 25.0 Å². The monoisotopic (exact) mass is 412 g/mol. The molecule has 2 aromatic carbocycles. The molecule has 0 aliphatic rings. The van der Waals surface area contributed by atoms with E-state index in [4.69, 9.17) is 0 Å². The first-order valence-electron chi connectivity index (χ1n) is 10.0. The van der Waals surface area contributed by atoms with E-state index in [0.717, 1.165) is 5.56 Å². The molecule has 0 saturated heterocycles. The van der Waals surface area contributed by atoms with Crippen LogP contribution >= 0.6 is 0 Å². The van der Waals surface area contributed by atoms with Crippen LogP contribution in [0.5, 0.6) is 5.75 Å². The molecule has 0 aromatic heterocycles. The summed E-state index contributed by atoms with van der Waals surface area (Å²) in [5.41, 5.74) is 1.57. The van der Waals surface area contributed by atoms with Crippen LogP contribution in [0.25, 0.3) is 0 Å². The summed E-state index contributed by atoms with van der Waals surface area (Å²) in [4.78, 5) is 25.4. The normalized spacial score (nSPS) is 12.8. The number of phenolic OH excluding ortho intramolecular Hbond substituents is 1. The lowest BCUT2D eigenvalue weighted by molar-refractivity contribution is -0.129. The molecule has 0 aliphatic carbocycles. The van der Waals surface area contributed by atoms with E-state index in [1.54, 1.807) is 12.1 Å². The van der Waals surface area contributed by atoms with Crippen LogP contribution in [0.4, 0.5) is 0 Å². The smallest absolute Gasteiger partial charge is 0.475 e. The molecule has 160 valence electrons. The summed E-state index contributed by atoms with van der Waals surface area (Å²) in [6.45, 7) is 3.84. The molecule has 0 saturated carbocycles. The third kappa shape index (κ3) is 7.89. The SMILES string of the molecule is CC(C)C[C@H](NC(=O)[C@H](Cc1ccccc1)NC(=O)Cc1ccc(O)cc1)B(O)O. The summed E-state index contributed by atoms with van der Waals surface area (Å²) in [5, 5.41) is 34.0. The molecule has 8 heteroatoms. The number of rotatable bonds is 10. The Kier molecular flexibility index (Phi) is 8.89. The van der Waals surface area contributed by atoms with Crippen molar-refractivity contribution in [1.82, 2.24) is 10.6 Å². The number of amides is 2. The number of phenols is 1. The Morgan fingerprint density at radius 3 is 2.13 bits per heavy atom. The number of benzene rings is 2. The van der Waals surface area contributed by atoms with Gasteiger partial charge in [0.2, 0.25) is 11.8 Å². The van der Waals surface area contributed by atoms with E-state index in [0.29, 0.717) is 12.0 Å². The number of nitrogens with one attached hydrogen (secondary N) is 2. The van der Waals surface area contributed by atoms with Crippen LogP contribution in [-0.2, 0) is 22.4 Å². The molecule has 2 amide bonds. The summed E-state index contributed by atoms with van der Waals surface area (Å²) >= 11 is 0. The second-order valence-corrected chi connectivity index (χ2v) is 7.81. The predicted molar refractivity (Wildman–Crippen MR) is 115 cm³/mol. The van der Waals surface area contributed by atoms with Crippen LogP contribution in [0.1, 0.15) is 31.4 Å². The molecule has 5 N–H and O–H groups in total. The van der Waals surface area contributed by atoms with E-state index in [2.05, 4.69) is 10.6 Å². The fraction of sp³-hybridized carbons (Fsp3) is 0.364. The largest absolute Gasteiger partial charge is 0.508 e. The Hall–Kier alpha value is -2.84. The summed E-state index contributed by atoms with van der Waals surface area (Å²) in [6.07, 6.45) is 0.712. The lowest BCUT2D eigenvalue weighted by atomic mass is 9.75. The van der Waals surface area contributed by atoms with Gasteiger partial charge < -0.3 is 25.8 Å². The third-order valence-electron chi connectivity index (χ3n) is 4.65. The standard InChI is InChI=1S/C22H29BN2O5/c1-15(2)12-20(23(29)30)25-22(28)19(13-16-6-4-3-5-7-16)24-21(27)14-17-8-10-18(26)11-9-17/h3-11,15,19-20,26,29-30H,12-14H2,1-2H3,(H,24,27)(H,25,28)/t19-,20-/m0/s1. The zero-order chi connectivity index (χ0) is 22.1. The number of carbonyl (C=O) groups excluding carboxylic acids is 2. The first kappa shape index (κ1) is 23.4. The van der Waals surface area contributed by atoms with Gasteiger partial charge in [-0.1, -0.05) is 56.3 Å². The van der Waals surface area contributed by atoms with Crippen LogP contribution in [0.2, 0.25) is 0 Å². The predicted octanol–water partition coefficient (Wildman–Crippen LogP) is 1.21. The van der Waals surface area contributed by atoms with E-state index in [-0.39, 0.29) is 30.4 Å². The van der Waals surface area contributed by atoms with Gasteiger partial charge in [0, 0.05) is 6.42 Å². The fourth-order valence-electron chi connectivity index (χ4n) is 3.15. The number of carbonyl (C=O) groups is 2. The molecular weight excluding hydrogens is 383 g/mol. The van der Waals surface area contributed by atoms with Gasteiger partial charge in [-0.3, -0.25) is 9.59 Å².